The maximum atomic E-state index is 12.9. The first-order valence-corrected chi connectivity index (χ1v) is 38.9. The SMILES string of the molecule is CC/C=C\C/C=C\C/C=C\C/C=C\C/C=C\C/C=C\CCCCCCCCC(=O)OCC(O)COP(=O)(O)OCC(O)COP(=O)(O)OCC(COC(=O)CCCCCCC/C=C\CCCCCCCC)OC(=O)CCCCCCCCCCCCCCCCC. The Hall–Kier alpha value is -3.27. The summed E-state index contributed by atoms with van der Waals surface area (Å²) in [5.41, 5.74) is 0. The quantitative estimate of drug-likeness (QED) is 0.0146. The smallest absolute Gasteiger partial charge is 0.463 e. The molecule has 0 saturated carbocycles. The van der Waals surface area contributed by atoms with E-state index in [-0.39, 0.29) is 19.3 Å². The second-order valence-corrected chi connectivity index (χ2v) is 26.9. The number of hydrogen-bond donors (Lipinski definition) is 4. The van der Waals surface area contributed by atoms with Crippen LogP contribution in [0.3, 0.4) is 0 Å². The van der Waals surface area contributed by atoms with Crippen molar-refractivity contribution in [3.8, 4) is 0 Å². The van der Waals surface area contributed by atoms with E-state index in [9.17, 15) is 43.5 Å². The number of aliphatic hydroxyl groups excluding tert-OH is 2. The monoisotopic (exact) mass is 1320 g/mol. The second kappa shape index (κ2) is 66.7. The Labute approximate surface area is 553 Å². The largest absolute Gasteiger partial charge is 0.472 e. The van der Waals surface area contributed by atoms with Gasteiger partial charge in [-0.15, -0.1) is 0 Å². The molecule has 4 N–H and O–H groups in total. The van der Waals surface area contributed by atoms with Gasteiger partial charge in [0.1, 0.15) is 25.4 Å². The molecule has 0 radical (unpaired) electrons. The molecule has 16 nitrogen and oxygen atoms in total. The third kappa shape index (κ3) is 67.9. The van der Waals surface area contributed by atoms with Crippen molar-refractivity contribution in [3.05, 3.63) is 85.1 Å². The van der Waals surface area contributed by atoms with E-state index < -0.39 is 91.5 Å². The van der Waals surface area contributed by atoms with Crippen LogP contribution in [0.25, 0.3) is 0 Å². The van der Waals surface area contributed by atoms with E-state index in [4.69, 9.17) is 32.3 Å². The Kier molecular flexibility index (Phi) is 64.3. The van der Waals surface area contributed by atoms with E-state index >= 15 is 0 Å². The Morgan fingerprint density at radius 1 is 0.319 bits per heavy atom. The van der Waals surface area contributed by atoms with Crippen LogP contribution in [0.2, 0.25) is 0 Å². The maximum absolute atomic E-state index is 12.9. The Bertz CT molecular complexity index is 2000. The summed E-state index contributed by atoms with van der Waals surface area (Å²) in [6.45, 7) is 2.56. The van der Waals surface area contributed by atoms with Gasteiger partial charge in [0.05, 0.1) is 26.4 Å². The minimum Gasteiger partial charge on any atom is -0.463 e. The first-order valence-electron chi connectivity index (χ1n) is 35.9. The predicted molar refractivity (Wildman–Crippen MR) is 371 cm³/mol. The number of allylic oxidation sites excluding steroid dienone is 14. The van der Waals surface area contributed by atoms with Crippen molar-refractivity contribution in [1.82, 2.24) is 0 Å². The Morgan fingerprint density at radius 3 is 0.934 bits per heavy atom. The number of carbonyl (C=O) groups is 3. The highest BCUT2D eigenvalue weighted by Crippen LogP contribution is 2.45. The van der Waals surface area contributed by atoms with Gasteiger partial charge in [0.25, 0.3) is 0 Å². The average molecular weight is 1330 g/mol. The lowest BCUT2D eigenvalue weighted by Crippen LogP contribution is -2.30. The van der Waals surface area contributed by atoms with Crippen molar-refractivity contribution < 1.29 is 75.8 Å². The summed E-state index contributed by atoms with van der Waals surface area (Å²) >= 11 is 0. The number of carbonyl (C=O) groups excluding carboxylic acids is 3. The highest BCUT2D eigenvalue weighted by atomic mass is 31.2. The van der Waals surface area contributed by atoms with E-state index in [1.807, 2.05) is 0 Å². The minimum atomic E-state index is -4.92. The van der Waals surface area contributed by atoms with Gasteiger partial charge in [-0.1, -0.05) is 273 Å². The first-order chi connectivity index (χ1) is 44.2. The molecule has 91 heavy (non-hydrogen) atoms. The van der Waals surface area contributed by atoms with Gasteiger partial charge in [0.15, 0.2) is 6.10 Å². The molecule has 0 bridgehead atoms. The molecule has 0 aliphatic rings. The third-order valence-electron chi connectivity index (χ3n) is 15.1. The Balaban J connectivity index is 4.57. The van der Waals surface area contributed by atoms with Gasteiger partial charge in [-0.05, 0) is 96.3 Å². The zero-order valence-electron chi connectivity index (χ0n) is 57.3. The molecule has 0 heterocycles. The van der Waals surface area contributed by atoms with Crippen molar-refractivity contribution in [2.45, 2.75) is 322 Å². The molecule has 0 spiro atoms. The number of hydrogen-bond acceptors (Lipinski definition) is 14. The molecule has 5 unspecified atom stereocenters. The number of unbranched alkanes of at least 4 members (excludes halogenated alkanes) is 31. The van der Waals surface area contributed by atoms with E-state index in [1.165, 1.54) is 103 Å². The number of phosphoric ester groups is 2. The molecular formula is C73H130O16P2. The van der Waals surface area contributed by atoms with Gasteiger partial charge >= 0.3 is 33.6 Å². The molecule has 0 fully saturated rings. The molecule has 0 aromatic carbocycles. The maximum Gasteiger partial charge on any atom is 0.472 e. The number of ether oxygens (including phenoxy) is 3. The van der Waals surface area contributed by atoms with Gasteiger partial charge < -0.3 is 34.2 Å². The van der Waals surface area contributed by atoms with Crippen LogP contribution in [0.4, 0.5) is 0 Å². The molecule has 0 aliphatic heterocycles. The van der Waals surface area contributed by atoms with Gasteiger partial charge in [-0.2, -0.15) is 0 Å². The number of aliphatic hydroxyl groups is 2. The number of phosphoric acid groups is 2. The van der Waals surface area contributed by atoms with E-state index in [2.05, 4.69) is 106 Å². The summed E-state index contributed by atoms with van der Waals surface area (Å²) in [7, 11) is -9.77. The predicted octanol–water partition coefficient (Wildman–Crippen LogP) is 20.1. The normalized spacial score (nSPS) is 14.7. The molecule has 18 heteroatoms. The van der Waals surface area contributed by atoms with Crippen LogP contribution in [-0.2, 0) is 55.8 Å². The first kappa shape index (κ1) is 87.7. The van der Waals surface area contributed by atoms with E-state index in [1.54, 1.807) is 0 Å². The highest BCUT2D eigenvalue weighted by molar-refractivity contribution is 7.47. The van der Waals surface area contributed by atoms with Gasteiger partial charge in [0, 0.05) is 19.3 Å². The zero-order valence-corrected chi connectivity index (χ0v) is 59.0. The topological polar surface area (TPSA) is 231 Å². The van der Waals surface area contributed by atoms with Crippen molar-refractivity contribution in [1.29, 1.82) is 0 Å². The molecule has 0 aromatic heterocycles. The molecule has 0 amide bonds. The van der Waals surface area contributed by atoms with Gasteiger partial charge in [-0.25, -0.2) is 9.13 Å². The minimum absolute atomic E-state index is 0.108. The summed E-state index contributed by atoms with van der Waals surface area (Å²) < 4.78 is 60.9. The van der Waals surface area contributed by atoms with Crippen LogP contribution >= 0.6 is 15.6 Å². The fraction of sp³-hybridized carbons (Fsp3) is 0.767. The fourth-order valence-corrected chi connectivity index (χ4v) is 11.2. The zero-order chi connectivity index (χ0) is 66.7. The number of rotatable bonds is 68. The molecule has 0 rings (SSSR count). The highest BCUT2D eigenvalue weighted by Gasteiger charge is 2.29. The lowest BCUT2D eigenvalue weighted by Gasteiger charge is -2.21. The van der Waals surface area contributed by atoms with Crippen LogP contribution in [0.5, 0.6) is 0 Å². The van der Waals surface area contributed by atoms with Crippen LogP contribution in [-0.4, -0.2) is 95.9 Å². The molecule has 528 valence electrons. The van der Waals surface area contributed by atoms with Crippen molar-refractivity contribution in [2.75, 3.05) is 39.6 Å². The summed E-state index contributed by atoms with van der Waals surface area (Å²) in [5, 5.41) is 20.6. The molecule has 0 aromatic rings. The lowest BCUT2D eigenvalue weighted by atomic mass is 10.0. The molecule has 5 atom stereocenters. The number of esters is 3. The van der Waals surface area contributed by atoms with Gasteiger partial charge in [0.2, 0.25) is 0 Å². The average Bonchev–Trinajstić information content (AvgIpc) is 3.08. The second-order valence-electron chi connectivity index (χ2n) is 24.0. The van der Waals surface area contributed by atoms with Crippen LogP contribution < -0.4 is 0 Å². The Morgan fingerprint density at radius 2 is 0.582 bits per heavy atom. The molecule has 0 aliphatic carbocycles. The lowest BCUT2D eigenvalue weighted by molar-refractivity contribution is -0.161. The van der Waals surface area contributed by atoms with Crippen molar-refractivity contribution >= 4 is 33.6 Å². The van der Waals surface area contributed by atoms with E-state index in [0.717, 1.165) is 141 Å². The van der Waals surface area contributed by atoms with E-state index in [0.29, 0.717) is 19.3 Å². The summed E-state index contributed by atoms with van der Waals surface area (Å²) in [4.78, 5) is 58.4. The standard InChI is InChI=1S/C73H130O16P2/c1-4-7-10-13-16-19-22-25-28-29-30-31-32-33-34-35-36-37-40-42-44-47-50-53-56-59-71(76)83-62-68(74)63-85-90(79,80)86-64-69(75)65-87-91(81,82)88-67-70(89-73(78)61-58-55-52-49-46-43-39-27-24-21-18-15-12-9-6-3)66-84-72(77)60-57-54-51-48-45-41-38-26-23-20-17-14-11-8-5-2/h7,10,16,19,25-26,28,30-31,33-34,36-38,68-70,74-75H,4-6,8-9,11-15,17-18,20-24,27,29,32,35,39-67H2,1-3H3,(H,79,80)(H,81,82)/b10-7-,19-16-,28-25-,31-30-,34-33-,37-36-,38-26-. The summed E-state index contributed by atoms with van der Waals surface area (Å²) in [6, 6.07) is 0. The van der Waals surface area contributed by atoms with Crippen LogP contribution in [0, 0.1) is 0 Å². The summed E-state index contributed by atoms with van der Waals surface area (Å²) in [6.07, 6.45) is 72.0. The summed E-state index contributed by atoms with van der Waals surface area (Å²) in [5.74, 6) is -1.58. The van der Waals surface area contributed by atoms with Crippen molar-refractivity contribution in [2.24, 2.45) is 0 Å². The van der Waals surface area contributed by atoms with Crippen LogP contribution in [0.1, 0.15) is 303 Å². The molecule has 0 saturated heterocycles. The van der Waals surface area contributed by atoms with Crippen molar-refractivity contribution in [3.63, 3.8) is 0 Å². The fourth-order valence-electron chi connectivity index (χ4n) is 9.63. The third-order valence-corrected chi connectivity index (χ3v) is 17.0. The molecular weight excluding hydrogens is 1190 g/mol. The van der Waals surface area contributed by atoms with Gasteiger partial charge in [-0.3, -0.25) is 32.5 Å². The van der Waals surface area contributed by atoms with Crippen LogP contribution in [0.15, 0.2) is 85.1 Å².